The summed E-state index contributed by atoms with van der Waals surface area (Å²) in [6, 6.07) is 10.5. The van der Waals surface area contributed by atoms with E-state index in [2.05, 4.69) is 19.9 Å². The van der Waals surface area contributed by atoms with Crippen molar-refractivity contribution < 1.29 is 14.4 Å². The molecule has 1 aliphatic rings. The third-order valence-corrected chi connectivity index (χ3v) is 6.07. The van der Waals surface area contributed by atoms with E-state index in [1.807, 2.05) is 25.1 Å². The van der Waals surface area contributed by atoms with Gasteiger partial charge in [-0.15, -0.1) is 0 Å². The molecule has 4 aromatic rings. The molecule has 1 aromatic carbocycles. The van der Waals surface area contributed by atoms with Gasteiger partial charge in [0.2, 0.25) is 0 Å². The molecule has 0 unspecified atom stereocenters. The van der Waals surface area contributed by atoms with Crippen molar-refractivity contribution in [3.8, 4) is 11.1 Å². The van der Waals surface area contributed by atoms with Gasteiger partial charge in [0.15, 0.2) is 0 Å². The van der Waals surface area contributed by atoms with Crippen molar-refractivity contribution in [2.45, 2.75) is 13.0 Å². The van der Waals surface area contributed by atoms with Gasteiger partial charge in [-0.1, -0.05) is 18.2 Å². The van der Waals surface area contributed by atoms with Gasteiger partial charge in [0.1, 0.15) is 6.33 Å². The zero-order valence-corrected chi connectivity index (χ0v) is 18.5. The van der Waals surface area contributed by atoms with Crippen LogP contribution in [0.3, 0.4) is 0 Å². The summed E-state index contributed by atoms with van der Waals surface area (Å²) in [5.41, 5.74) is 3.45. The maximum Gasteiger partial charge on any atom is 0.295 e. The van der Waals surface area contributed by atoms with Crippen LogP contribution in [0.5, 0.6) is 0 Å². The second-order valence-corrected chi connectivity index (χ2v) is 8.21. The molecule has 0 aliphatic carbocycles. The number of nitrogens with one attached hydrogen (secondary N) is 1. The van der Waals surface area contributed by atoms with Crippen molar-refractivity contribution in [2.75, 3.05) is 19.6 Å². The molecule has 0 saturated carbocycles. The van der Waals surface area contributed by atoms with Crippen molar-refractivity contribution >= 4 is 28.6 Å². The summed E-state index contributed by atoms with van der Waals surface area (Å²) < 4.78 is 0. The zero-order chi connectivity index (χ0) is 23.7. The quantitative estimate of drug-likeness (QED) is 0.375. The Morgan fingerprint density at radius 1 is 1.03 bits per heavy atom. The minimum absolute atomic E-state index is 0.0795. The third kappa shape index (κ3) is 3.81. The van der Waals surface area contributed by atoms with Gasteiger partial charge < -0.3 is 14.8 Å². The molecule has 1 atom stereocenters. The number of fused-ring (bicyclic) bond motifs is 1. The number of carbonyl (C=O) groups is 3. The van der Waals surface area contributed by atoms with Crippen molar-refractivity contribution in [1.82, 2.24) is 29.7 Å². The number of H-pyrrole nitrogens is 1. The van der Waals surface area contributed by atoms with Crippen molar-refractivity contribution in [2.24, 2.45) is 0 Å². The topological polar surface area (TPSA) is 112 Å². The molecule has 0 radical (unpaired) electrons. The molecule has 2 amide bonds. The number of hydrogen-bond acceptors (Lipinski definition) is 6. The molecule has 9 heteroatoms. The summed E-state index contributed by atoms with van der Waals surface area (Å²) in [6.07, 6.45) is 7.90. The van der Waals surface area contributed by atoms with E-state index in [0.717, 1.165) is 11.1 Å². The molecular formula is C25H22N6O3. The van der Waals surface area contributed by atoms with E-state index in [4.69, 9.17) is 0 Å². The molecule has 0 bridgehead atoms. The van der Waals surface area contributed by atoms with E-state index in [9.17, 15) is 14.4 Å². The van der Waals surface area contributed by atoms with Gasteiger partial charge in [-0.3, -0.25) is 19.4 Å². The van der Waals surface area contributed by atoms with E-state index in [-0.39, 0.29) is 24.1 Å². The Morgan fingerprint density at radius 3 is 2.53 bits per heavy atom. The first kappa shape index (κ1) is 21.4. The number of pyridine rings is 1. The molecule has 34 heavy (non-hydrogen) atoms. The molecule has 0 spiro atoms. The third-order valence-electron chi connectivity index (χ3n) is 6.07. The lowest BCUT2D eigenvalue weighted by Crippen LogP contribution is -2.56. The number of aromatic nitrogens is 4. The first-order chi connectivity index (χ1) is 16.5. The van der Waals surface area contributed by atoms with E-state index >= 15 is 0 Å². The van der Waals surface area contributed by atoms with Gasteiger partial charge in [-0.05, 0) is 25.1 Å². The predicted octanol–water partition coefficient (Wildman–Crippen LogP) is 2.58. The maximum atomic E-state index is 13.2. The predicted molar refractivity (Wildman–Crippen MR) is 125 cm³/mol. The van der Waals surface area contributed by atoms with Gasteiger partial charge in [0, 0.05) is 67.2 Å². The van der Waals surface area contributed by atoms with Crippen LogP contribution in [0.25, 0.3) is 22.2 Å². The Balaban J connectivity index is 1.35. The lowest BCUT2D eigenvalue weighted by molar-refractivity contribution is -0.130. The lowest BCUT2D eigenvalue weighted by atomic mass is 10.1. The van der Waals surface area contributed by atoms with E-state index < -0.39 is 11.7 Å². The number of ketones is 1. The number of piperazine rings is 1. The average molecular weight is 454 g/mol. The van der Waals surface area contributed by atoms with Crippen LogP contribution in [0.2, 0.25) is 0 Å². The fourth-order valence-electron chi connectivity index (χ4n) is 4.33. The fraction of sp³-hybridized carbons (Fsp3) is 0.200. The Hall–Kier alpha value is -4.40. The Morgan fingerprint density at radius 2 is 1.79 bits per heavy atom. The van der Waals surface area contributed by atoms with Crippen LogP contribution in [-0.2, 0) is 4.79 Å². The highest BCUT2D eigenvalue weighted by Gasteiger charge is 2.34. The van der Waals surface area contributed by atoms with E-state index in [1.54, 1.807) is 41.7 Å². The first-order valence-electron chi connectivity index (χ1n) is 11.0. The van der Waals surface area contributed by atoms with Crippen molar-refractivity contribution in [1.29, 1.82) is 0 Å². The summed E-state index contributed by atoms with van der Waals surface area (Å²) in [7, 11) is 0. The fourth-order valence-corrected chi connectivity index (χ4v) is 4.33. The van der Waals surface area contributed by atoms with Gasteiger partial charge in [-0.25, -0.2) is 9.97 Å². The minimum Gasteiger partial charge on any atom is -0.359 e. The highest BCUT2D eigenvalue weighted by atomic mass is 16.2. The number of rotatable bonds is 4. The number of hydrogen-bond donors (Lipinski definition) is 1. The second kappa shape index (κ2) is 8.86. The van der Waals surface area contributed by atoms with Crippen molar-refractivity contribution in [3.05, 3.63) is 78.6 Å². The molecule has 170 valence electrons. The number of benzene rings is 1. The highest BCUT2D eigenvalue weighted by Crippen LogP contribution is 2.28. The minimum atomic E-state index is -0.630. The van der Waals surface area contributed by atoms with E-state index in [0.29, 0.717) is 29.7 Å². The van der Waals surface area contributed by atoms with Crippen LogP contribution in [0.15, 0.2) is 67.5 Å². The molecule has 1 N–H and O–H groups in total. The molecular weight excluding hydrogens is 432 g/mol. The standard InChI is InChI=1S/C25H22N6O3/c1-16-14-30(24(33)17-5-3-2-4-6-17)9-10-31(16)25(34)23(32)20-13-29-21-19(7-8-28-22(20)21)18-11-26-15-27-12-18/h2-8,11-13,15-16,29H,9-10,14H2,1H3/t16-/m0/s1. The van der Waals surface area contributed by atoms with Crippen LogP contribution >= 0.6 is 0 Å². The molecule has 3 aromatic heterocycles. The average Bonchev–Trinajstić information content (AvgIpc) is 3.33. The number of nitrogens with zero attached hydrogens (tertiary/aromatic N) is 5. The largest absolute Gasteiger partial charge is 0.359 e. The molecule has 1 saturated heterocycles. The van der Waals surface area contributed by atoms with Crippen LogP contribution in [0.1, 0.15) is 27.6 Å². The first-order valence-corrected chi connectivity index (χ1v) is 11.0. The Kier molecular flexibility index (Phi) is 5.59. The van der Waals surface area contributed by atoms with Gasteiger partial charge >= 0.3 is 0 Å². The molecule has 1 aliphatic heterocycles. The normalized spacial score (nSPS) is 16.0. The van der Waals surface area contributed by atoms with Gasteiger partial charge in [0.05, 0.1) is 16.6 Å². The summed E-state index contributed by atoms with van der Waals surface area (Å²) in [4.78, 5) is 57.9. The summed E-state index contributed by atoms with van der Waals surface area (Å²) in [5.74, 6) is -1.31. The SMILES string of the molecule is C[C@H]1CN(C(=O)c2ccccc2)CCN1C(=O)C(=O)c1c[nH]c2c(-c3cncnc3)ccnc12. The summed E-state index contributed by atoms with van der Waals surface area (Å²) >= 11 is 0. The number of amides is 2. The summed E-state index contributed by atoms with van der Waals surface area (Å²) in [6.45, 7) is 2.85. The van der Waals surface area contributed by atoms with Crippen molar-refractivity contribution in [3.63, 3.8) is 0 Å². The van der Waals surface area contributed by atoms with Crippen LogP contribution < -0.4 is 0 Å². The molecule has 1 fully saturated rings. The Bertz CT molecular complexity index is 1370. The Labute approximate surface area is 195 Å². The van der Waals surface area contributed by atoms with Crippen LogP contribution in [0, 0.1) is 0 Å². The van der Waals surface area contributed by atoms with Gasteiger partial charge in [0.25, 0.3) is 17.6 Å². The lowest BCUT2D eigenvalue weighted by Gasteiger charge is -2.39. The number of carbonyl (C=O) groups excluding carboxylic acids is 3. The maximum absolute atomic E-state index is 13.2. The second-order valence-electron chi connectivity index (χ2n) is 8.21. The zero-order valence-electron chi connectivity index (χ0n) is 18.5. The molecule has 4 heterocycles. The van der Waals surface area contributed by atoms with Crippen LogP contribution in [-0.4, -0.2) is 73.0 Å². The summed E-state index contributed by atoms with van der Waals surface area (Å²) in [5, 5.41) is 0. The smallest absolute Gasteiger partial charge is 0.295 e. The number of aromatic amines is 1. The monoisotopic (exact) mass is 454 g/mol. The molecule has 5 rings (SSSR count). The van der Waals surface area contributed by atoms with Gasteiger partial charge in [-0.2, -0.15) is 0 Å². The van der Waals surface area contributed by atoms with E-state index in [1.165, 1.54) is 17.4 Å². The van der Waals surface area contributed by atoms with Crippen LogP contribution in [0.4, 0.5) is 0 Å². The highest BCUT2D eigenvalue weighted by molar-refractivity contribution is 6.44. The molecule has 9 nitrogen and oxygen atoms in total. The number of Topliss-reactive ketones (excluding diaryl/α,β-unsaturated/α-hetero) is 1.